The van der Waals surface area contributed by atoms with Crippen LogP contribution < -0.4 is 10.6 Å². The molecule has 0 unspecified atom stereocenters. The van der Waals surface area contributed by atoms with Gasteiger partial charge in [0.25, 0.3) is 5.91 Å². The van der Waals surface area contributed by atoms with E-state index in [9.17, 15) is 14.4 Å². The first-order chi connectivity index (χ1) is 14.8. The summed E-state index contributed by atoms with van der Waals surface area (Å²) in [5.41, 5.74) is 0.0653. The maximum Gasteiger partial charge on any atom is 0.329 e. The van der Waals surface area contributed by atoms with Gasteiger partial charge in [0, 0.05) is 13.2 Å². The zero-order chi connectivity index (χ0) is 22.8. The normalized spacial score (nSPS) is 17.3. The Morgan fingerprint density at radius 1 is 1.13 bits per heavy atom. The molecule has 2 N–H and O–H groups in total. The summed E-state index contributed by atoms with van der Waals surface area (Å²) in [6.07, 6.45) is 7.21. The van der Waals surface area contributed by atoms with Gasteiger partial charge < -0.3 is 24.6 Å². The quantitative estimate of drug-likeness (QED) is 0.570. The van der Waals surface area contributed by atoms with Crippen LogP contribution in [-0.2, 0) is 19.1 Å². The molecule has 9 nitrogen and oxygen atoms in total. The molecule has 0 spiro atoms. The predicted molar refractivity (Wildman–Crippen MR) is 113 cm³/mol. The maximum atomic E-state index is 12.9. The van der Waals surface area contributed by atoms with E-state index in [1.165, 1.54) is 19.6 Å². The highest BCUT2D eigenvalue weighted by Crippen LogP contribution is 2.20. The highest BCUT2D eigenvalue weighted by atomic mass is 16.5. The number of nitrogens with one attached hydrogen (secondary N) is 2. The predicted octanol–water partition coefficient (Wildman–Crippen LogP) is 2.52. The second kappa shape index (κ2) is 12.4. The van der Waals surface area contributed by atoms with E-state index in [1.54, 1.807) is 6.92 Å². The molecule has 0 saturated heterocycles. The Hall–Kier alpha value is -2.42. The Balaban J connectivity index is 1.99. The molecule has 1 aliphatic rings. The van der Waals surface area contributed by atoms with Crippen LogP contribution in [0, 0.1) is 12.8 Å². The molecular formula is C22H35N3O6. The number of ether oxygens (including phenoxy) is 2. The summed E-state index contributed by atoms with van der Waals surface area (Å²) >= 11 is 0. The van der Waals surface area contributed by atoms with E-state index in [2.05, 4.69) is 15.8 Å². The molecule has 1 aliphatic carbocycles. The van der Waals surface area contributed by atoms with Crippen molar-refractivity contribution in [2.24, 2.45) is 5.92 Å². The minimum absolute atomic E-state index is 0.0586. The number of amides is 2. The molecule has 1 aromatic heterocycles. The fourth-order valence-electron chi connectivity index (χ4n) is 3.58. The van der Waals surface area contributed by atoms with Gasteiger partial charge in [0.1, 0.15) is 23.9 Å². The molecule has 1 saturated carbocycles. The number of hydrogen-bond acceptors (Lipinski definition) is 7. The van der Waals surface area contributed by atoms with E-state index in [0.29, 0.717) is 5.76 Å². The van der Waals surface area contributed by atoms with Crippen LogP contribution in [0.25, 0.3) is 0 Å². The van der Waals surface area contributed by atoms with Crippen LogP contribution in [0.1, 0.15) is 75.0 Å². The van der Waals surface area contributed by atoms with Crippen molar-refractivity contribution in [1.82, 2.24) is 15.8 Å². The van der Waals surface area contributed by atoms with Crippen LogP contribution in [0.3, 0.4) is 0 Å². The van der Waals surface area contributed by atoms with Crippen LogP contribution in [-0.4, -0.2) is 54.8 Å². The summed E-state index contributed by atoms with van der Waals surface area (Å²) in [5.74, 6) is -1.23. The third-order valence-electron chi connectivity index (χ3n) is 5.37. The number of nitrogens with zero attached hydrogens (tertiary/aromatic N) is 1. The minimum atomic E-state index is -0.995. The average Bonchev–Trinajstić information content (AvgIpc) is 3.13. The monoisotopic (exact) mass is 437 g/mol. The zero-order valence-corrected chi connectivity index (χ0v) is 18.9. The van der Waals surface area contributed by atoms with Gasteiger partial charge in [-0.2, -0.15) is 0 Å². The van der Waals surface area contributed by atoms with Crippen molar-refractivity contribution < 1.29 is 28.4 Å². The van der Waals surface area contributed by atoms with Crippen LogP contribution in [0.4, 0.5) is 0 Å². The van der Waals surface area contributed by atoms with E-state index in [4.69, 9.17) is 14.0 Å². The smallest absolute Gasteiger partial charge is 0.329 e. The van der Waals surface area contributed by atoms with Crippen molar-refractivity contribution in [3.63, 3.8) is 0 Å². The maximum absolute atomic E-state index is 12.9. The van der Waals surface area contributed by atoms with Crippen molar-refractivity contribution in [1.29, 1.82) is 0 Å². The van der Waals surface area contributed by atoms with E-state index in [-0.39, 0.29) is 24.3 Å². The van der Waals surface area contributed by atoms with Crippen molar-refractivity contribution in [3.05, 3.63) is 17.5 Å². The molecule has 1 heterocycles. The van der Waals surface area contributed by atoms with Gasteiger partial charge in [-0.1, -0.05) is 38.3 Å². The molecular weight excluding hydrogens is 402 g/mol. The van der Waals surface area contributed by atoms with E-state index >= 15 is 0 Å². The van der Waals surface area contributed by atoms with Crippen LogP contribution in [0.2, 0.25) is 0 Å². The summed E-state index contributed by atoms with van der Waals surface area (Å²) in [6.45, 7) is 5.29. The van der Waals surface area contributed by atoms with Gasteiger partial charge in [-0.25, -0.2) is 4.79 Å². The first kappa shape index (κ1) is 24.8. The van der Waals surface area contributed by atoms with Gasteiger partial charge in [0.05, 0.1) is 6.61 Å². The van der Waals surface area contributed by atoms with Crippen molar-refractivity contribution >= 4 is 17.8 Å². The topological polar surface area (TPSA) is 120 Å². The van der Waals surface area contributed by atoms with Gasteiger partial charge in [-0.15, -0.1) is 0 Å². The first-order valence-electron chi connectivity index (χ1n) is 11.1. The molecule has 2 atom stereocenters. The van der Waals surface area contributed by atoms with Gasteiger partial charge in [-0.05, 0) is 38.5 Å². The van der Waals surface area contributed by atoms with Crippen LogP contribution >= 0.6 is 0 Å². The molecule has 9 heteroatoms. The fraction of sp³-hybridized carbons (Fsp3) is 0.727. The Labute approximate surface area is 183 Å². The Morgan fingerprint density at radius 2 is 1.77 bits per heavy atom. The number of carbonyl (C=O) groups excluding carboxylic acids is 3. The van der Waals surface area contributed by atoms with Crippen LogP contribution in [0.15, 0.2) is 10.6 Å². The number of hydrogen-bond donors (Lipinski definition) is 2. The standard InChI is InChI=1S/C22H35N3O6/c1-14(2)19(22(28)30-16-10-8-6-5-7-9-11-16)24-21(27)18(13-29-4)23-20(26)17-12-15(3)31-25-17/h12,14,16,18-19H,5-11,13H2,1-4H3,(H,23,26)(H,24,27)/t18-,19-/m0/s1. The average molecular weight is 438 g/mol. The fourth-order valence-corrected chi connectivity index (χ4v) is 3.58. The molecule has 0 bridgehead atoms. The number of esters is 1. The molecule has 2 rings (SSSR count). The van der Waals surface area contributed by atoms with Gasteiger partial charge in [-0.3, -0.25) is 9.59 Å². The lowest BCUT2D eigenvalue weighted by atomic mass is 9.98. The second-order valence-electron chi connectivity index (χ2n) is 8.44. The molecule has 0 aliphatic heterocycles. The van der Waals surface area contributed by atoms with Crippen molar-refractivity contribution in [2.45, 2.75) is 83.9 Å². The lowest BCUT2D eigenvalue weighted by molar-refractivity contribution is -0.155. The molecule has 174 valence electrons. The number of aromatic nitrogens is 1. The van der Waals surface area contributed by atoms with E-state index < -0.39 is 29.9 Å². The molecule has 2 amide bonds. The lowest BCUT2D eigenvalue weighted by Gasteiger charge is -2.27. The SMILES string of the molecule is COC[C@H](NC(=O)c1cc(C)on1)C(=O)N[C@H](C(=O)OC1CCCCCCC1)C(C)C. The molecule has 1 aromatic rings. The van der Waals surface area contributed by atoms with Crippen molar-refractivity contribution in [2.75, 3.05) is 13.7 Å². The Kier molecular flexibility index (Phi) is 9.97. The first-order valence-corrected chi connectivity index (χ1v) is 11.1. The summed E-state index contributed by atoms with van der Waals surface area (Å²) in [5, 5.41) is 8.96. The summed E-state index contributed by atoms with van der Waals surface area (Å²) in [6, 6.07) is -0.339. The molecule has 31 heavy (non-hydrogen) atoms. The lowest BCUT2D eigenvalue weighted by Crippen LogP contribution is -2.55. The molecule has 1 fully saturated rings. The van der Waals surface area contributed by atoms with Gasteiger partial charge >= 0.3 is 5.97 Å². The highest BCUT2D eigenvalue weighted by molar-refractivity contribution is 5.97. The summed E-state index contributed by atoms with van der Waals surface area (Å²) in [4.78, 5) is 38.1. The highest BCUT2D eigenvalue weighted by Gasteiger charge is 2.31. The van der Waals surface area contributed by atoms with E-state index in [0.717, 1.165) is 38.5 Å². The number of aryl methyl sites for hydroxylation is 1. The largest absolute Gasteiger partial charge is 0.461 e. The third kappa shape index (κ3) is 7.97. The second-order valence-corrected chi connectivity index (χ2v) is 8.44. The van der Waals surface area contributed by atoms with Crippen molar-refractivity contribution in [3.8, 4) is 0 Å². The van der Waals surface area contributed by atoms with E-state index in [1.807, 2.05) is 13.8 Å². The third-order valence-corrected chi connectivity index (χ3v) is 5.37. The number of methoxy groups -OCH3 is 1. The molecule has 0 aromatic carbocycles. The summed E-state index contributed by atoms with van der Waals surface area (Å²) < 4.78 is 15.7. The minimum Gasteiger partial charge on any atom is -0.461 e. The number of carbonyl (C=O) groups is 3. The Bertz CT molecular complexity index is 725. The summed E-state index contributed by atoms with van der Waals surface area (Å²) in [7, 11) is 1.43. The zero-order valence-electron chi connectivity index (χ0n) is 18.9. The van der Waals surface area contributed by atoms with Gasteiger partial charge in [0.15, 0.2) is 5.69 Å². The van der Waals surface area contributed by atoms with Crippen LogP contribution in [0.5, 0.6) is 0 Å². The number of rotatable bonds is 9. The Morgan fingerprint density at radius 3 is 2.32 bits per heavy atom. The van der Waals surface area contributed by atoms with Gasteiger partial charge in [0.2, 0.25) is 5.91 Å². The molecule has 0 radical (unpaired) electrons.